The summed E-state index contributed by atoms with van der Waals surface area (Å²) in [6.07, 6.45) is 2.74. The smallest absolute Gasteiger partial charge is 0.336 e. The summed E-state index contributed by atoms with van der Waals surface area (Å²) in [6.45, 7) is 0. The molecule has 4 nitrogen and oxygen atoms in total. The molecule has 0 aliphatic rings. The first-order valence-corrected chi connectivity index (χ1v) is 5.32. The summed E-state index contributed by atoms with van der Waals surface area (Å²) < 4.78 is 0. The molecule has 18 heavy (non-hydrogen) atoms. The number of hydrogen-bond acceptors (Lipinski definition) is 2. The molecule has 0 atom stereocenters. The average molecular weight is 241 g/mol. The first-order chi connectivity index (χ1) is 8.59. The third-order valence-electron chi connectivity index (χ3n) is 2.59. The van der Waals surface area contributed by atoms with Crippen LogP contribution in [-0.2, 0) is 4.79 Å². The zero-order valence-electron chi connectivity index (χ0n) is 9.46. The summed E-state index contributed by atoms with van der Waals surface area (Å²) in [5.74, 6) is -1.57. The van der Waals surface area contributed by atoms with Crippen LogP contribution < -0.4 is 5.73 Å². The van der Waals surface area contributed by atoms with Gasteiger partial charge in [0.05, 0.1) is 5.56 Å². The third-order valence-corrected chi connectivity index (χ3v) is 2.59. The van der Waals surface area contributed by atoms with Gasteiger partial charge < -0.3 is 10.8 Å². The van der Waals surface area contributed by atoms with Crippen molar-refractivity contribution in [2.24, 2.45) is 5.73 Å². The van der Waals surface area contributed by atoms with E-state index < -0.39 is 11.9 Å². The molecule has 90 valence electrons. The van der Waals surface area contributed by atoms with Crippen LogP contribution in [0, 0.1) is 0 Å². The summed E-state index contributed by atoms with van der Waals surface area (Å²) in [5.41, 5.74) is 5.90. The molecule has 0 fully saturated rings. The highest BCUT2D eigenvalue weighted by atomic mass is 16.4. The fourth-order valence-electron chi connectivity index (χ4n) is 1.86. The number of benzene rings is 2. The second-order valence-corrected chi connectivity index (χ2v) is 3.79. The van der Waals surface area contributed by atoms with Crippen molar-refractivity contribution in [3.05, 3.63) is 53.6 Å². The van der Waals surface area contributed by atoms with Gasteiger partial charge in [0.25, 0.3) is 0 Å². The highest BCUT2D eigenvalue weighted by Crippen LogP contribution is 2.24. The SMILES string of the molecule is NC(=O)/C=C\c1cccc2cccc(C(=O)O)c12. The second kappa shape index (κ2) is 4.71. The molecule has 2 rings (SSSR count). The Kier molecular flexibility index (Phi) is 3.10. The molecule has 0 heterocycles. The van der Waals surface area contributed by atoms with Crippen molar-refractivity contribution in [3.8, 4) is 0 Å². The van der Waals surface area contributed by atoms with E-state index in [2.05, 4.69) is 0 Å². The van der Waals surface area contributed by atoms with E-state index >= 15 is 0 Å². The molecule has 3 N–H and O–H groups in total. The van der Waals surface area contributed by atoms with Gasteiger partial charge in [0.2, 0.25) is 5.91 Å². The van der Waals surface area contributed by atoms with Crippen LogP contribution in [-0.4, -0.2) is 17.0 Å². The van der Waals surface area contributed by atoms with Crippen LogP contribution in [0.4, 0.5) is 0 Å². The minimum Gasteiger partial charge on any atom is -0.478 e. The number of amides is 1. The quantitative estimate of drug-likeness (QED) is 0.807. The van der Waals surface area contributed by atoms with Crippen molar-refractivity contribution in [3.63, 3.8) is 0 Å². The number of carboxylic acid groups (broad SMARTS) is 1. The lowest BCUT2D eigenvalue weighted by Gasteiger charge is -2.05. The Labute approximate surface area is 103 Å². The predicted molar refractivity (Wildman–Crippen MR) is 69.1 cm³/mol. The van der Waals surface area contributed by atoms with Gasteiger partial charge in [0.15, 0.2) is 0 Å². The number of carbonyl (C=O) groups is 2. The normalized spacial score (nSPS) is 10.9. The van der Waals surface area contributed by atoms with Gasteiger partial charge in [0.1, 0.15) is 0 Å². The number of fused-ring (bicyclic) bond motifs is 1. The fraction of sp³-hybridized carbons (Fsp3) is 0. The van der Waals surface area contributed by atoms with E-state index in [0.717, 1.165) is 5.39 Å². The van der Waals surface area contributed by atoms with E-state index in [0.29, 0.717) is 10.9 Å². The van der Waals surface area contributed by atoms with E-state index in [1.54, 1.807) is 18.2 Å². The van der Waals surface area contributed by atoms with Crippen molar-refractivity contribution in [1.29, 1.82) is 0 Å². The number of hydrogen-bond donors (Lipinski definition) is 2. The Morgan fingerprint density at radius 1 is 1.11 bits per heavy atom. The second-order valence-electron chi connectivity index (χ2n) is 3.79. The first kappa shape index (κ1) is 11.9. The molecule has 0 unspecified atom stereocenters. The minimum atomic E-state index is -1.000. The molecule has 2 aromatic carbocycles. The van der Waals surface area contributed by atoms with Crippen molar-refractivity contribution < 1.29 is 14.7 Å². The molecular formula is C14H11NO3. The van der Waals surface area contributed by atoms with Crippen molar-refractivity contribution in [1.82, 2.24) is 0 Å². The highest BCUT2D eigenvalue weighted by molar-refractivity contribution is 6.07. The van der Waals surface area contributed by atoms with E-state index in [-0.39, 0.29) is 5.56 Å². The molecular weight excluding hydrogens is 230 g/mol. The van der Waals surface area contributed by atoms with E-state index in [1.165, 1.54) is 18.2 Å². The Morgan fingerprint density at radius 2 is 1.78 bits per heavy atom. The summed E-state index contributed by atoms with van der Waals surface area (Å²) >= 11 is 0. The first-order valence-electron chi connectivity index (χ1n) is 5.32. The van der Waals surface area contributed by atoms with Crippen molar-refractivity contribution in [2.75, 3.05) is 0 Å². The lowest BCUT2D eigenvalue weighted by molar-refractivity contribution is -0.113. The fourth-order valence-corrected chi connectivity index (χ4v) is 1.86. The third kappa shape index (κ3) is 2.22. The van der Waals surface area contributed by atoms with Gasteiger partial charge >= 0.3 is 5.97 Å². The molecule has 0 radical (unpaired) electrons. The Hall–Kier alpha value is -2.62. The number of primary amides is 1. The van der Waals surface area contributed by atoms with Crippen LogP contribution in [0.2, 0.25) is 0 Å². The zero-order valence-corrected chi connectivity index (χ0v) is 9.46. The summed E-state index contributed by atoms with van der Waals surface area (Å²) in [6, 6.07) is 10.4. The molecule has 2 aromatic rings. The minimum absolute atomic E-state index is 0.206. The van der Waals surface area contributed by atoms with E-state index in [4.69, 9.17) is 10.8 Å². The maximum Gasteiger partial charge on any atom is 0.336 e. The lowest BCUT2D eigenvalue weighted by Crippen LogP contribution is -2.05. The molecule has 0 saturated heterocycles. The van der Waals surface area contributed by atoms with E-state index in [1.807, 2.05) is 12.1 Å². The van der Waals surface area contributed by atoms with Crippen molar-refractivity contribution >= 4 is 28.7 Å². The number of aromatic carboxylic acids is 1. The van der Waals surface area contributed by atoms with Gasteiger partial charge in [-0.3, -0.25) is 4.79 Å². The molecule has 4 heteroatoms. The molecule has 0 aliphatic carbocycles. The Balaban J connectivity index is 2.73. The van der Waals surface area contributed by atoms with Gasteiger partial charge in [-0.15, -0.1) is 0 Å². The largest absolute Gasteiger partial charge is 0.478 e. The van der Waals surface area contributed by atoms with Crippen LogP contribution in [0.3, 0.4) is 0 Å². The van der Waals surface area contributed by atoms with Gasteiger partial charge in [-0.05, 0) is 23.1 Å². The molecule has 0 aromatic heterocycles. The summed E-state index contributed by atoms with van der Waals surface area (Å²) in [7, 11) is 0. The van der Waals surface area contributed by atoms with Crippen LogP contribution in [0.5, 0.6) is 0 Å². The molecule has 0 saturated carbocycles. The van der Waals surface area contributed by atoms with Crippen LogP contribution >= 0.6 is 0 Å². The van der Waals surface area contributed by atoms with Gasteiger partial charge in [-0.1, -0.05) is 30.3 Å². The molecule has 1 amide bonds. The van der Waals surface area contributed by atoms with Gasteiger partial charge in [-0.2, -0.15) is 0 Å². The molecule has 0 bridgehead atoms. The molecule has 0 aliphatic heterocycles. The van der Waals surface area contributed by atoms with Crippen LogP contribution in [0.15, 0.2) is 42.5 Å². The zero-order chi connectivity index (χ0) is 13.1. The highest BCUT2D eigenvalue weighted by Gasteiger charge is 2.10. The lowest BCUT2D eigenvalue weighted by atomic mass is 9.99. The Morgan fingerprint density at radius 3 is 2.39 bits per heavy atom. The maximum atomic E-state index is 11.2. The number of carbonyl (C=O) groups excluding carboxylic acids is 1. The monoisotopic (exact) mass is 241 g/mol. The maximum absolute atomic E-state index is 11.2. The van der Waals surface area contributed by atoms with Crippen molar-refractivity contribution in [2.45, 2.75) is 0 Å². The van der Waals surface area contributed by atoms with Gasteiger partial charge in [0, 0.05) is 11.5 Å². The molecule has 0 spiro atoms. The number of rotatable bonds is 3. The summed E-state index contributed by atoms with van der Waals surface area (Å²) in [4.78, 5) is 21.9. The number of nitrogens with two attached hydrogens (primary N) is 1. The Bertz CT molecular complexity index is 654. The average Bonchev–Trinajstić information content (AvgIpc) is 2.35. The summed E-state index contributed by atoms with van der Waals surface area (Å²) in [5, 5.41) is 10.6. The van der Waals surface area contributed by atoms with Gasteiger partial charge in [-0.25, -0.2) is 4.79 Å². The van der Waals surface area contributed by atoms with Crippen LogP contribution in [0.25, 0.3) is 16.8 Å². The van der Waals surface area contributed by atoms with Crippen LogP contribution in [0.1, 0.15) is 15.9 Å². The standard InChI is InChI=1S/C14H11NO3/c15-12(16)8-7-10-4-1-3-9-5-2-6-11(13(9)10)14(17)18/h1-8H,(H2,15,16)(H,17,18)/b8-7-. The topological polar surface area (TPSA) is 80.4 Å². The number of carboxylic acids is 1. The predicted octanol–water partition coefficient (Wildman–Crippen LogP) is 2.04. The van der Waals surface area contributed by atoms with E-state index in [9.17, 15) is 9.59 Å².